The third kappa shape index (κ3) is 8.69. The Kier molecular flexibility index (Phi) is 13.9. The van der Waals surface area contributed by atoms with Crippen LogP contribution in [0.3, 0.4) is 0 Å². The standard InChI is InChI=1S/3C14H12O3.B/c3*15-13(16)14(17,11-7-3-1-4-8-11)12-9-5-2-6-10-12;/h3*1-10,17H,(H,15,16);/q;;;+3/p-3. The Hall–Kier alpha value is -6.33. The summed E-state index contributed by atoms with van der Waals surface area (Å²) in [5.74, 6) is -4.60. The van der Waals surface area contributed by atoms with E-state index >= 15 is 0 Å². The number of carboxylic acid groups (broad SMARTS) is 3. The molecular formula is C42H33BO9. The molecule has 0 amide bonds. The minimum absolute atomic E-state index is 0. The van der Waals surface area contributed by atoms with Crippen molar-refractivity contribution in [2.45, 2.75) is 16.8 Å². The largest absolute Gasteiger partial charge is 3.00 e. The van der Waals surface area contributed by atoms with Gasteiger partial charge in [0.15, 0.2) is 16.8 Å². The Bertz CT molecular complexity index is 1640. The number of carboxylic acids is 3. The van der Waals surface area contributed by atoms with Crippen molar-refractivity contribution in [3.63, 3.8) is 0 Å². The van der Waals surface area contributed by atoms with E-state index in [1.165, 1.54) is 0 Å². The number of carbonyl (C=O) groups is 3. The van der Waals surface area contributed by atoms with Crippen LogP contribution in [0.1, 0.15) is 33.4 Å². The Labute approximate surface area is 302 Å². The Morgan fingerprint density at radius 3 is 0.519 bits per heavy atom. The molecule has 0 unspecified atom stereocenters. The van der Waals surface area contributed by atoms with Crippen molar-refractivity contribution in [3.05, 3.63) is 215 Å². The van der Waals surface area contributed by atoms with E-state index in [0.717, 1.165) is 0 Å². The van der Waals surface area contributed by atoms with Crippen LogP contribution in [0.5, 0.6) is 0 Å². The predicted molar refractivity (Wildman–Crippen MR) is 188 cm³/mol. The molecule has 0 aliphatic rings. The molecule has 0 aliphatic carbocycles. The van der Waals surface area contributed by atoms with Crippen molar-refractivity contribution in [2.24, 2.45) is 0 Å². The molecule has 6 aromatic rings. The van der Waals surface area contributed by atoms with Gasteiger partial charge in [-0.1, -0.05) is 182 Å². The van der Waals surface area contributed by atoms with Crippen LogP contribution < -0.4 is 15.3 Å². The quantitative estimate of drug-likeness (QED) is 0.190. The van der Waals surface area contributed by atoms with E-state index in [1.54, 1.807) is 182 Å². The van der Waals surface area contributed by atoms with E-state index in [9.17, 15) is 45.0 Å². The molecule has 0 spiro atoms. The summed E-state index contributed by atoms with van der Waals surface area (Å²) in [6, 6.07) is 49.3. The van der Waals surface area contributed by atoms with Crippen LogP contribution in [0.25, 0.3) is 0 Å². The van der Waals surface area contributed by atoms with Crippen molar-refractivity contribution in [1.82, 2.24) is 0 Å². The molecule has 0 saturated heterocycles. The zero-order valence-electron chi connectivity index (χ0n) is 27.7. The second-order valence-electron chi connectivity index (χ2n) is 11.2. The summed E-state index contributed by atoms with van der Waals surface area (Å²) in [5.41, 5.74) is -4.62. The smallest absolute Gasteiger partial charge is 0.546 e. The zero-order valence-corrected chi connectivity index (χ0v) is 27.7. The normalized spacial score (nSPS) is 10.9. The van der Waals surface area contributed by atoms with Gasteiger partial charge in [0.2, 0.25) is 0 Å². The topological polar surface area (TPSA) is 181 Å². The maximum atomic E-state index is 11.3. The van der Waals surface area contributed by atoms with Crippen LogP contribution in [0.2, 0.25) is 0 Å². The first-order chi connectivity index (χ1) is 24.5. The van der Waals surface area contributed by atoms with Crippen LogP contribution in [0.4, 0.5) is 0 Å². The van der Waals surface area contributed by atoms with Crippen molar-refractivity contribution >= 4 is 26.3 Å². The van der Waals surface area contributed by atoms with Crippen molar-refractivity contribution in [2.75, 3.05) is 0 Å². The number of aliphatic carboxylic acids is 3. The molecule has 0 bridgehead atoms. The van der Waals surface area contributed by atoms with E-state index in [1.807, 2.05) is 0 Å². The fourth-order valence-electron chi connectivity index (χ4n) is 5.28. The zero-order chi connectivity index (χ0) is 36.9. The van der Waals surface area contributed by atoms with Gasteiger partial charge in [0, 0.05) is 0 Å². The van der Waals surface area contributed by atoms with E-state index in [4.69, 9.17) is 0 Å². The van der Waals surface area contributed by atoms with E-state index in [2.05, 4.69) is 0 Å². The van der Waals surface area contributed by atoms with Crippen LogP contribution >= 0.6 is 0 Å². The SMILES string of the molecule is O=C([O-])C(O)(c1ccccc1)c1ccccc1.O=C([O-])C(O)(c1ccccc1)c1ccccc1.O=C([O-])C(O)(c1ccccc1)c1ccccc1.[B+3]. The molecule has 0 atom stereocenters. The first kappa shape index (κ1) is 40.1. The first-order valence-corrected chi connectivity index (χ1v) is 15.6. The molecule has 52 heavy (non-hydrogen) atoms. The Morgan fingerprint density at radius 1 is 0.308 bits per heavy atom. The van der Waals surface area contributed by atoms with Gasteiger partial charge in [-0.05, 0) is 33.4 Å². The number of rotatable bonds is 9. The Morgan fingerprint density at radius 2 is 0.423 bits per heavy atom. The molecule has 258 valence electrons. The molecule has 10 heteroatoms. The maximum Gasteiger partial charge on any atom is 3.00 e. The third-order valence-corrected chi connectivity index (χ3v) is 8.04. The molecule has 9 nitrogen and oxygen atoms in total. The summed E-state index contributed by atoms with van der Waals surface area (Å²) in [6.45, 7) is 0. The van der Waals surface area contributed by atoms with Gasteiger partial charge in [-0.25, -0.2) is 0 Å². The predicted octanol–water partition coefficient (Wildman–Crippen LogP) is 1.64. The molecule has 0 saturated carbocycles. The summed E-state index contributed by atoms with van der Waals surface area (Å²) < 4.78 is 0. The van der Waals surface area contributed by atoms with Gasteiger partial charge in [0.05, 0.1) is 17.9 Å². The van der Waals surface area contributed by atoms with E-state index < -0.39 is 34.7 Å². The average Bonchev–Trinajstić information content (AvgIpc) is 3.19. The number of hydrogen-bond donors (Lipinski definition) is 3. The van der Waals surface area contributed by atoms with Gasteiger partial charge in [-0.15, -0.1) is 0 Å². The van der Waals surface area contributed by atoms with Gasteiger partial charge in [-0.3, -0.25) is 0 Å². The summed E-state index contributed by atoms with van der Waals surface area (Å²) in [6.07, 6.45) is 0. The third-order valence-electron chi connectivity index (χ3n) is 8.04. The molecule has 6 aromatic carbocycles. The minimum Gasteiger partial charge on any atom is -0.546 e. The molecule has 6 rings (SSSR count). The van der Waals surface area contributed by atoms with Crippen LogP contribution in [0, 0.1) is 0 Å². The van der Waals surface area contributed by atoms with E-state index in [-0.39, 0.29) is 41.8 Å². The summed E-state index contributed by atoms with van der Waals surface area (Å²) >= 11 is 0. The number of benzene rings is 6. The molecular weight excluding hydrogens is 659 g/mol. The molecule has 0 fully saturated rings. The monoisotopic (exact) mass is 692 g/mol. The fourth-order valence-corrected chi connectivity index (χ4v) is 5.28. The van der Waals surface area contributed by atoms with Crippen LogP contribution in [-0.2, 0) is 31.2 Å². The van der Waals surface area contributed by atoms with Gasteiger partial charge in [-0.2, -0.15) is 0 Å². The number of aliphatic hydroxyl groups is 3. The summed E-state index contributed by atoms with van der Waals surface area (Å²) in [5, 5.41) is 64.9. The first-order valence-electron chi connectivity index (χ1n) is 15.6. The van der Waals surface area contributed by atoms with Crippen LogP contribution in [-0.4, -0.2) is 41.6 Å². The number of carbonyl (C=O) groups excluding carboxylic acids is 3. The molecule has 0 aliphatic heterocycles. The Balaban J connectivity index is 0.000000208. The summed E-state index contributed by atoms with van der Waals surface area (Å²) in [7, 11) is 0. The van der Waals surface area contributed by atoms with Crippen molar-refractivity contribution in [3.8, 4) is 0 Å². The van der Waals surface area contributed by atoms with Crippen molar-refractivity contribution in [1.29, 1.82) is 0 Å². The second-order valence-corrected chi connectivity index (χ2v) is 11.2. The van der Waals surface area contributed by atoms with E-state index in [0.29, 0.717) is 0 Å². The maximum absolute atomic E-state index is 11.3. The number of hydrogen-bond acceptors (Lipinski definition) is 9. The molecule has 0 aromatic heterocycles. The molecule has 0 heterocycles. The minimum atomic E-state index is -2.11. The average molecular weight is 693 g/mol. The van der Waals surface area contributed by atoms with Gasteiger partial charge < -0.3 is 45.0 Å². The molecule has 3 N–H and O–H groups in total. The fraction of sp³-hybridized carbons (Fsp3) is 0.0714. The van der Waals surface area contributed by atoms with Crippen LogP contribution in [0.15, 0.2) is 182 Å². The van der Waals surface area contributed by atoms with Gasteiger partial charge >= 0.3 is 8.41 Å². The van der Waals surface area contributed by atoms with Gasteiger partial charge in [0.25, 0.3) is 0 Å². The van der Waals surface area contributed by atoms with Crippen molar-refractivity contribution < 1.29 is 45.0 Å². The van der Waals surface area contributed by atoms with Gasteiger partial charge in [0.1, 0.15) is 0 Å². The molecule has 0 radical (unpaired) electrons. The second kappa shape index (κ2) is 18.1. The summed E-state index contributed by atoms with van der Waals surface area (Å²) in [4.78, 5) is 33.8.